The zero-order chi connectivity index (χ0) is 21.8. The van der Waals surface area contributed by atoms with Gasteiger partial charge >= 0.3 is 5.97 Å². The molecule has 0 atom stereocenters. The predicted octanol–water partition coefficient (Wildman–Crippen LogP) is 3.03. The zero-order valence-electron chi connectivity index (χ0n) is 16.7. The first-order chi connectivity index (χ1) is 15.0. The lowest BCUT2D eigenvalue weighted by molar-refractivity contribution is -0.122. The SMILES string of the molecule is Cc1c(C(=O)OCc2ccccc2)sc2ncn(CC(=O)NCc3ccco3)c(=O)c12. The molecule has 0 bridgehead atoms. The molecule has 0 saturated heterocycles. The highest BCUT2D eigenvalue weighted by molar-refractivity contribution is 7.20. The summed E-state index contributed by atoms with van der Waals surface area (Å²) in [5, 5.41) is 3.01. The summed E-state index contributed by atoms with van der Waals surface area (Å²) in [6.45, 7) is 1.86. The Morgan fingerprint density at radius 2 is 2.00 bits per heavy atom. The minimum atomic E-state index is -0.508. The zero-order valence-corrected chi connectivity index (χ0v) is 17.5. The number of benzene rings is 1. The van der Waals surface area contributed by atoms with E-state index in [0.717, 1.165) is 16.9 Å². The number of nitrogens with one attached hydrogen (secondary N) is 1. The molecule has 0 unspecified atom stereocenters. The van der Waals surface area contributed by atoms with Crippen LogP contribution in [0.1, 0.15) is 26.6 Å². The number of thiophene rings is 1. The number of nitrogens with zero attached hydrogens (tertiary/aromatic N) is 2. The van der Waals surface area contributed by atoms with E-state index in [9.17, 15) is 14.4 Å². The number of esters is 1. The lowest BCUT2D eigenvalue weighted by Crippen LogP contribution is -2.32. The number of rotatable bonds is 7. The highest BCUT2D eigenvalue weighted by Gasteiger charge is 2.21. The first-order valence-electron chi connectivity index (χ1n) is 9.51. The second kappa shape index (κ2) is 8.97. The average Bonchev–Trinajstić information content (AvgIpc) is 3.41. The average molecular weight is 437 g/mol. The van der Waals surface area contributed by atoms with E-state index in [1.165, 1.54) is 17.2 Å². The van der Waals surface area contributed by atoms with Crippen LogP contribution in [-0.4, -0.2) is 21.4 Å². The van der Waals surface area contributed by atoms with E-state index in [4.69, 9.17) is 9.15 Å². The van der Waals surface area contributed by atoms with E-state index < -0.39 is 5.97 Å². The Balaban J connectivity index is 1.49. The molecule has 0 aliphatic carbocycles. The lowest BCUT2D eigenvalue weighted by Gasteiger charge is -2.06. The summed E-state index contributed by atoms with van der Waals surface area (Å²) >= 11 is 1.11. The fourth-order valence-corrected chi connectivity index (χ4v) is 4.10. The summed E-state index contributed by atoms with van der Waals surface area (Å²) in [7, 11) is 0. The van der Waals surface area contributed by atoms with Crippen LogP contribution in [0.2, 0.25) is 0 Å². The minimum absolute atomic E-state index is 0.140. The highest BCUT2D eigenvalue weighted by atomic mass is 32.1. The van der Waals surface area contributed by atoms with E-state index in [-0.39, 0.29) is 31.2 Å². The van der Waals surface area contributed by atoms with Gasteiger partial charge < -0.3 is 14.5 Å². The molecule has 4 aromatic rings. The molecule has 1 aromatic carbocycles. The molecule has 1 amide bonds. The molecular weight excluding hydrogens is 418 g/mol. The van der Waals surface area contributed by atoms with Crippen LogP contribution in [0.15, 0.2) is 64.3 Å². The largest absolute Gasteiger partial charge is 0.467 e. The van der Waals surface area contributed by atoms with E-state index in [1.54, 1.807) is 19.1 Å². The maximum absolute atomic E-state index is 12.9. The van der Waals surface area contributed by atoms with Crippen LogP contribution in [0, 0.1) is 6.92 Å². The van der Waals surface area contributed by atoms with Gasteiger partial charge in [-0.25, -0.2) is 9.78 Å². The van der Waals surface area contributed by atoms with Gasteiger partial charge in [0.25, 0.3) is 5.56 Å². The summed E-state index contributed by atoms with van der Waals surface area (Å²) in [6.07, 6.45) is 2.83. The van der Waals surface area contributed by atoms with Gasteiger partial charge in [0.15, 0.2) is 0 Å². The second-order valence-corrected chi connectivity index (χ2v) is 7.83. The van der Waals surface area contributed by atoms with Gasteiger partial charge in [0.1, 0.15) is 28.6 Å². The van der Waals surface area contributed by atoms with Gasteiger partial charge in [-0.05, 0) is 30.2 Å². The number of hydrogen-bond acceptors (Lipinski definition) is 7. The number of carbonyl (C=O) groups excluding carboxylic acids is 2. The first-order valence-corrected chi connectivity index (χ1v) is 10.3. The molecule has 158 valence electrons. The number of amides is 1. The number of furan rings is 1. The van der Waals surface area contributed by atoms with Crippen molar-refractivity contribution in [1.29, 1.82) is 0 Å². The van der Waals surface area contributed by atoms with Gasteiger partial charge in [0.2, 0.25) is 5.91 Å². The van der Waals surface area contributed by atoms with Crippen molar-refractivity contribution >= 4 is 33.4 Å². The van der Waals surface area contributed by atoms with Crippen molar-refractivity contribution < 1.29 is 18.7 Å². The van der Waals surface area contributed by atoms with Crippen molar-refractivity contribution in [2.24, 2.45) is 0 Å². The molecule has 8 nitrogen and oxygen atoms in total. The van der Waals surface area contributed by atoms with Gasteiger partial charge in [0.05, 0.1) is 24.5 Å². The molecule has 0 aliphatic rings. The molecule has 0 fully saturated rings. The van der Waals surface area contributed by atoms with Crippen LogP contribution in [0.5, 0.6) is 0 Å². The number of carbonyl (C=O) groups is 2. The van der Waals surface area contributed by atoms with Crippen molar-refractivity contribution in [2.45, 2.75) is 26.6 Å². The van der Waals surface area contributed by atoms with Crippen LogP contribution < -0.4 is 10.9 Å². The number of hydrogen-bond donors (Lipinski definition) is 1. The Morgan fingerprint density at radius 3 is 2.74 bits per heavy atom. The molecule has 3 heterocycles. The normalized spacial score (nSPS) is 10.9. The highest BCUT2D eigenvalue weighted by Crippen LogP contribution is 2.27. The summed E-state index contributed by atoms with van der Waals surface area (Å²) in [4.78, 5) is 42.7. The molecule has 1 N–H and O–H groups in total. The smallest absolute Gasteiger partial charge is 0.349 e. The molecule has 0 saturated carbocycles. The summed E-state index contributed by atoms with van der Waals surface area (Å²) < 4.78 is 11.8. The van der Waals surface area contributed by atoms with Gasteiger partial charge in [-0.1, -0.05) is 30.3 Å². The first kappa shape index (κ1) is 20.5. The van der Waals surface area contributed by atoms with Crippen LogP contribution in [-0.2, 0) is 29.2 Å². The topological polar surface area (TPSA) is 103 Å². The third-order valence-electron chi connectivity index (χ3n) is 4.67. The van der Waals surface area contributed by atoms with Crippen molar-refractivity contribution in [3.63, 3.8) is 0 Å². The Morgan fingerprint density at radius 1 is 1.19 bits per heavy atom. The lowest BCUT2D eigenvalue weighted by atomic mass is 10.2. The summed E-state index contributed by atoms with van der Waals surface area (Å²) in [5.41, 5.74) is 0.991. The summed E-state index contributed by atoms with van der Waals surface area (Å²) in [5.74, 6) is -0.247. The van der Waals surface area contributed by atoms with Crippen molar-refractivity contribution in [3.05, 3.63) is 87.2 Å². The number of aromatic nitrogens is 2. The Kier molecular flexibility index (Phi) is 5.94. The third-order valence-corrected chi connectivity index (χ3v) is 5.85. The molecule has 0 aliphatic heterocycles. The van der Waals surface area contributed by atoms with Crippen molar-refractivity contribution in [3.8, 4) is 0 Å². The second-order valence-electron chi connectivity index (χ2n) is 6.83. The molecule has 9 heteroatoms. The van der Waals surface area contributed by atoms with Crippen molar-refractivity contribution in [1.82, 2.24) is 14.9 Å². The number of fused-ring (bicyclic) bond motifs is 1. The third kappa shape index (κ3) is 4.56. The quantitative estimate of drug-likeness (QED) is 0.446. The Labute approximate surface area is 181 Å². The fraction of sp³-hybridized carbons (Fsp3) is 0.182. The number of aryl methyl sites for hydroxylation is 1. The standard InChI is InChI=1S/C22H19N3O5S/c1-14-18-20(31-19(14)22(28)30-12-15-6-3-2-4-7-15)24-13-25(21(18)27)11-17(26)23-10-16-8-5-9-29-16/h2-9,13H,10-12H2,1H3,(H,23,26). The minimum Gasteiger partial charge on any atom is -0.467 e. The van der Waals surface area contributed by atoms with Gasteiger partial charge in [-0.3, -0.25) is 14.2 Å². The molecule has 31 heavy (non-hydrogen) atoms. The van der Waals surface area contributed by atoms with Crippen LogP contribution in [0.3, 0.4) is 0 Å². The monoisotopic (exact) mass is 437 g/mol. The van der Waals surface area contributed by atoms with Crippen LogP contribution in [0.4, 0.5) is 0 Å². The Bertz CT molecular complexity index is 1280. The maximum Gasteiger partial charge on any atom is 0.349 e. The van der Waals surface area contributed by atoms with Gasteiger partial charge in [-0.15, -0.1) is 11.3 Å². The molecule has 0 spiro atoms. The Hall–Kier alpha value is -3.72. The molecule has 4 rings (SSSR count). The molecule has 3 aromatic heterocycles. The number of ether oxygens (including phenoxy) is 1. The van der Waals surface area contributed by atoms with Crippen LogP contribution in [0.25, 0.3) is 10.2 Å². The maximum atomic E-state index is 12.9. The van der Waals surface area contributed by atoms with Gasteiger partial charge in [0, 0.05) is 0 Å². The van der Waals surface area contributed by atoms with Gasteiger partial charge in [-0.2, -0.15) is 0 Å². The van der Waals surface area contributed by atoms with Crippen LogP contribution >= 0.6 is 11.3 Å². The molecular formula is C22H19N3O5S. The molecule has 0 radical (unpaired) electrons. The fourth-order valence-electron chi connectivity index (χ4n) is 3.06. The van der Waals surface area contributed by atoms with E-state index >= 15 is 0 Å². The van der Waals surface area contributed by atoms with E-state index in [1.807, 2.05) is 30.3 Å². The van der Waals surface area contributed by atoms with Crippen molar-refractivity contribution in [2.75, 3.05) is 0 Å². The predicted molar refractivity (Wildman–Crippen MR) is 115 cm³/mol. The van der Waals surface area contributed by atoms with E-state index in [2.05, 4.69) is 10.3 Å². The van der Waals surface area contributed by atoms with E-state index in [0.29, 0.717) is 26.4 Å². The summed E-state index contributed by atoms with van der Waals surface area (Å²) in [6, 6.07) is 12.8.